The molecule has 0 aliphatic heterocycles. The Hall–Kier alpha value is -2.70. The van der Waals surface area contributed by atoms with Crippen molar-refractivity contribution in [3.8, 4) is 0 Å². The molecule has 0 bridgehead atoms. The van der Waals surface area contributed by atoms with Crippen molar-refractivity contribution in [2.75, 3.05) is 13.2 Å². The molecule has 0 aliphatic carbocycles. The number of nitrogens with zero attached hydrogens (tertiary/aromatic N) is 1. The summed E-state index contributed by atoms with van der Waals surface area (Å²) in [4.78, 5) is 32.5. The second-order valence-electron chi connectivity index (χ2n) is 3.86. The van der Waals surface area contributed by atoms with Crippen molar-refractivity contribution >= 4 is 17.6 Å². The van der Waals surface area contributed by atoms with Crippen LogP contribution in [-0.4, -0.2) is 30.1 Å². The van der Waals surface area contributed by atoms with Crippen molar-refractivity contribution in [3.63, 3.8) is 0 Å². The Morgan fingerprint density at radius 3 is 2.25 bits per heavy atom. The van der Waals surface area contributed by atoms with E-state index in [4.69, 9.17) is 9.47 Å². The van der Waals surface area contributed by atoms with Gasteiger partial charge in [0.15, 0.2) is 0 Å². The van der Waals surface area contributed by atoms with Gasteiger partial charge in [-0.1, -0.05) is 6.58 Å². The van der Waals surface area contributed by atoms with Crippen LogP contribution in [0.3, 0.4) is 0 Å². The second-order valence-corrected chi connectivity index (χ2v) is 3.86. The Labute approximate surface area is 114 Å². The van der Waals surface area contributed by atoms with E-state index >= 15 is 0 Å². The third-order valence-electron chi connectivity index (χ3n) is 2.21. The zero-order valence-corrected chi connectivity index (χ0v) is 10.8. The van der Waals surface area contributed by atoms with Crippen LogP contribution >= 0.6 is 0 Å². The van der Waals surface area contributed by atoms with Gasteiger partial charge in [0.25, 0.3) is 5.69 Å². The number of esters is 2. The predicted molar refractivity (Wildman–Crippen MR) is 69.2 cm³/mol. The maximum absolute atomic E-state index is 11.6. The molecular weight excluding hydrogens is 266 g/mol. The zero-order valence-electron chi connectivity index (χ0n) is 10.8. The molecule has 7 nitrogen and oxygen atoms in total. The first kappa shape index (κ1) is 15.4. The Balaban J connectivity index is 2.41. The molecule has 0 spiro atoms. The van der Waals surface area contributed by atoms with Gasteiger partial charge < -0.3 is 9.47 Å². The standard InChI is InChI=1S/C13H13NO6/c1-9(2)12(15)19-7-8-20-13(16)10-3-5-11(6-4-10)14(17)18/h3-6H,1,7-8H2,2H3. The summed E-state index contributed by atoms with van der Waals surface area (Å²) < 4.78 is 9.58. The molecule has 0 unspecified atom stereocenters. The number of non-ortho nitro benzene ring substituents is 1. The van der Waals surface area contributed by atoms with Crippen LogP contribution in [0.25, 0.3) is 0 Å². The Morgan fingerprint density at radius 2 is 1.75 bits per heavy atom. The van der Waals surface area contributed by atoms with Gasteiger partial charge in [0.2, 0.25) is 0 Å². The van der Waals surface area contributed by atoms with Gasteiger partial charge >= 0.3 is 11.9 Å². The molecule has 0 saturated heterocycles. The molecule has 0 aromatic heterocycles. The molecule has 1 rings (SSSR count). The molecular formula is C13H13NO6. The van der Waals surface area contributed by atoms with Crippen LogP contribution in [0, 0.1) is 10.1 Å². The van der Waals surface area contributed by atoms with E-state index in [2.05, 4.69) is 6.58 Å². The number of ether oxygens (including phenoxy) is 2. The third-order valence-corrected chi connectivity index (χ3v) is 2.21. The molecule has 7 heteroatoms. The maximum atomic E-state index is 11.6. The summed E-state index contributed by atoms with van der Waals surface area (Å²) >= 11 is 0. The average molecular weight is 279 g/mol. The van der Waals surface area contributed by atoms with E-state index in [1.54, 1.807) is 0 Å². The number of benzene rings is 1. The van der Waals surface area contributed by atoms with E-state index < -0.39 is 16.9 Å². The van der Waals surface area contributed by atoms with Gasteiger partial charge in [-0.15, -0.1) is 0 Å². The molecule has 106 valence electrons. The predicted octanol–water partition coefficient (Wildman–Crippen LogP) is 1.87. The van der Waals surface area contributed by atoms with Crippen molar-refractivity contribution in [3.05, 3.63) is 52.1 Å². The van der Waals surface area contributed by atoms with E-state index in [9.17, 15) is 19.7 Å². The number of hydrogen-bond acceptors (Lipinski definition) is 6. The van der Waals surface area contributed by atoms with Crippen molar-refractivity contribution in [2.45, 2.75) is 6.92 Å². The van der Waals surface area contributed by atoms with Crippen molar-refractivity contribution in [2.24, 2.45) is 0 Å². The minimum Gasteiger partial charge on any atom is -0.459 e. The average Bonchev–Trinajstić information content (AvgIpc) is 2.43. The maximum Gasteiger partial charge on any atom is 0.338 e. The monoisotopic (exact) mass is 279 g/mol. The summed E-state index contributed by atoms with van der Waals surface area (Å²) in [5.41, 5.74) is 0.325. The molecule has 0 atom stereocenters. The molecule has 1 aromatic carbocycles. The summed E-state index contributed by atoms with van der Waals surface area (Å²) in [6.45, 7) is 4.73. The van der Waals surface area contributed by atoms with Crippen molar-refractivity contribution in [1.82, 2.24) is 0 Å². The van der Waals surface area contributed by atoms with Gasteiger partial charge in [-0.05, 0) is 19.1 Å². The highest BCUT2D eigenvalue weighted by molar-refractivity contribution is 5.89. The summed E-state index contributed by atoms with van der Waals surface area (Å²) in [6.07, 6.45) is 0. The van der Waals surface area contributed by atoms with E-state index in [1.165, 1.54) is 31.2 Å². The van der Waals surface area contributed by atoms with Crippen LogP contribution in [0.15, 0.2) is 36.4 Å². The number of nitro benzene ring substituents is 1. The number of rotatable bonds is 6. The SMILES string of the molecule is C=C(C)C(=O)OCCOC(=O)c1ccc([N+](=O)[O-])cc1. The quantitative estimate of drug-likeness (QED) is 0.259. The summed E-state index contributed by atoms with van der Waals surface area (Å²) in [6, 6.07) is 5.00. The van der Waals surface area contributed by atoms with E-state index in [0.717, 1.165) is 0 Å². The number of carbonyl (C=O) groups is 2. The molecule has 0 aliphatic rings. The van der Waals surface area contributed by atoms with Crippen LogP contribution in [0.1, 0.15) is 17.3 Å². The number of nitro groups is 1. The van der Waals surface area contributed by atoms with Gasteiger partial charge in [0, 0.05) is 17.7 Å². The van der Waals surface area contributed by atoms with Crippen LogP contribution in [0.4, 0.5) is 5.69 Å². The topological polar surface area (TPSA) is 95.7 Å². The minimum atomic E-state index is -0.647. The fourth-order valence-electron chi connectivity index (χ4n) is 1.19. The first-order valence-electron chi connectivity index (χ1n) is 5.66. The molecule has 1 aromatic rings. The number of carbonyl (C=O) groups excluding carboxylic acids is 2. The lowest BCUT2D eigenvalue weighted by Gasteiger charge is -2.06. The Kier molecular flexibility index (Phi) is 5.40. The van der Waals surface area contributed by atoms with Gasteiger partial charge in [0.1, 0.15) is 13.2 Å². The first-order valence-corrected chi connectivity index (χ1v) is 5.66. The molecule has 0 saturated carbocycles. The lowest BCUT2D eigenvalue weighted by atomic mass is 10.2. The summed E-state index contributed by atoms with van der Waals surface area (Å²) in [5, 5.41) is 10.4. The van der Waals surface area contributed by atoms with Crippen LogP contribution < -0.4 is 0 Å². The van der Waals surface area contributed by atoms with Crippen LogP contribution in [0.2, 0.25) is 0 Å². The minimum absolute atomic E-state index is 0.0790. The summed E-state index contributed by atoms with van der Waals surface area (Å²) in [5.74, 6) is -1.21. The fraction of sp³-hybridized carbons (Fsp3) is 0.231. The second kappa shape index (κ2) is 7.03. The van der Waals surface area contributed by atoms with Gasteiger partial charge in [-0.2, -0.15) is 0 Å². The van der Waals surface area contributed by atoms with Gasteiger partial charge in [0.05, 0.1) is 10.5 Å². The zero-order chi connectivity index (χ0) is 15.1. The van der Waals surface area contributed by atoms with Crippen LogP contribution in [0.5, 0.6) is 0 Å². The highest BCUT2D eigenvalue weighted by Crippen LogP contribution is 2.12. The van der Waals surface area contributed by atoms with Crippen molar-refractivity contribution < 1.29 is 24.0 Å². The fourth-order valence-corrected chi connectivity index (χ4v) is 1.19. The summed E-state index contributed by atoms with van der Waals surface area (Å²) in [7, 11) is 0. The molecule has 0 amide bonds. The highest BCUT2D eigenvalue weighted by atomic mass is 16.6. The molecule has 0 fully saturated rings. The van der Waals surface area contributed by atoms with E-state index in [-0.39, 0.29) is 30.0 Å². The Bertz CT molecular complexity index is 534. The lowest BCUT2D eigenvalue weighted by Crippen LogP contribution is -2.14. The normalized spacial score (nSPS) is 9.65. The molecule has 20 heavy (non-hydrogen) atoms. The van der Waals surface area contributed by atoms with Crippen molar-refractivity contribution in [1.29, 1.82) is 0 Å². The molecule has 0 N–H and O–H groups in total. The number of hydrogen-bond donors (Lipinski definition) is 0. The van der Waals surface area contributed by atoms with E-state index in [1.807, 2.05) is 0 Å². The largest absolute Gasteiger partial charge is 0.459 e. The smallest absolute Gasteiger partial charge is 0.338 e. The Morgan fingerprint density at radius 1 is 1.20 bits per heavy atom. The van der Waals surface area contributed by atoms with Crippen LogP contribution in [-0.2, 0) is 14.3 Å². The van der Waals surface area contributed by atoms with E-state index in [0.29, 0.717) is 0 Å². The lowest BCUT2D eigenvalue weighted by molar-refractivity contribution is -0.384. The van der Waals surface area contributed by atoms with Gasteiger partial charge in [-0.25, -0.2) is 9.59 Å². The molecule has 0 heterocycles. The highest BCUT2D eigenvalue weighted by Gasteiger charge is 2.11. The first-order chi connectivity index (χ1) is 9.41. The van der Waals surface area contributed by atoms with Gasteiger partial charge in [-0.3, -0.25) is 10.1 Å². The molecule has 0 radical (unpaired) electrons. The third kappa shape index (κ3) is 4.52.